The smallest absolute Gasteiger partial charge is 0.265 e. The molecule has 0 saturated heterocycles. The van der Waals surface area contributed by atoms with Crippen molar-refractivity contribution in [1.82, 2.24) is 0 Å². The molecule has 0 aliphatic rings. The van der Waals surface area contributed by atoms with Gasteiger partial charge in [-0.2, -0.15) is 0 Å². The van der Waals surface area contributed by atoms with Crippen LogP contribution in [0.1, 0.15) is 13.3 Å². The Labute approximate surface area is 113 Å². The Balaban J connectivity index is 4.68. The monoisotopic (exact) mass is 301 g/mol. The summed E-state index contributed by atoms with van der Waals surface area (Å²) in [5.41, 5.74) is 0. The second-order valence-electron chi connectivity index (χ2n) is 4.62. The van der Waals surface area contributed by atoms with Gasteiger partial charge < -0.3 is 4.74 Å². The largest absolute Gasteiger partial charge is 0.471 e. The highest BCUT2D eigenvalue weighted by molar-refractivity contribution is 6.83. The van der Waals surface area contributed by atoms with Gasteiger partial charge in [-0.25, -0.2) is 0 Å². The fraction of sp³-hybridized carbons (Fsp3) is 0.700. The lowest BCUT2D eigenvalue weighted by Crippen LogP contribution is -2.36. The average Bonchev–Trinajstić information content (AvgIpc) is 2.09. The van der Waals surface area contributed by atoms with Crippen LogP contribution >= 0.6 is 34.8 Å². The first-order valence-corrected chi connectivity index (χ1v) is 9.65. The highest BCUT2D eigenvalue weighted by atomic mass is 35.6. The molecule has 0 spiro atoms. The topological polar surface area (TPSA) is 33.1 Å². The van der Waals surface area contributed by atoms with Gasteiger partial charge >= 0.3 is 0 Å². The van der Waals surface area contributed by atoms with E-state index in [0.29, 0.717) is 6.42 Å². The van der Waals surface area contributed by atoms with Gasteiger partial charge in [0.25, 0.3) is 3.79 Å². The first kappa shape index (κ1) is 16.3. The molecule has 0 amide bonds. The molecular weight excluding hydrogens is 285 g/mol. The second kappa shape index (κ2) is 5.76. The molecule has 1 atom stereocenters. The molecule has 0 saturated carbocycles. The van der Waals surface area contributed by atoms with Crippen LogP contribution in [0.25, 0.3) is 0 Å². The van der Waals surface area contributed by atoms with E-state index in [4.69, 9.17) is 44.9 Å². The zero-order valence-electron chi connectivity index (χ0n) is 10.0. The van der Waals surface area contributed by atoms with E-state index < -0.39 is 11.9 Å². The minimum atomic E-state index is -1.80. The molecule has 0 rings (SSSR count). The Morgan fingerprint density at radius 1 is 1.38 bits per heavy atom. The normalized spacial score (nSPS) is 14.4. The van der Waals surface area contributed by atoms with Gasteiger partial charge in [0.1, 0.15) is 6.10 Å². The van der Waals surface area contributed by atoms with Crippen molar-refractivity contribution in [2.45, 2.75) is 42.9 Å². The van der Waals surface area contributed by atoms with Gasteiger partial charge in [-0.15, -0.1) is 6.58 Å². The van der Waals surface area contributed by atoms with Crippen LogP contribution in [0.3, 0.4) is 0 Å². The second-order valence-corrected chi connectivity index (χ2v) is 12.0. The van der Waals surface area contributed by atoms with Crippen LogP contribution in [0.5, 0.6) is 0 Å². The molecule has 0 heterocycles. The van der Waals surface area contributed by atoms with Gasteiger partial charge in [-0.05, 0) is 11.6 Å². The van der Waals surface area contributed by atoms with Crippen molar-refractivity contribution in [1.29, 1.82) is 5.41 Å². The van der Waals surface area contributed by atoms with Crippen LogP contribution in [-0.2, 0) is 4.74 Å². The van der Waals surface area contributed by atoms with Gasteiger partial charge in [0.05, 0.1) is 8.07 Å². The van der Waals surface area contributed by atoms with Crippen LogP contribution in [0.4, 0.5) is 0 Å². The molecule has 1 N–H and O–H groups in total. The van der Waals surface area contributed by atoms with Crippen molar-refractivity contribution in [3.05, 3.63) is 11.8 Å². The number of alkyl halides is 3. The Morgan fingerprint density at radius 3 is 2.06 bits per heavy atom. The van der Waals surface area contributed by atoms with Crippen molar-refractivity contribution in [3.63, 3.8) is 0 Å². The van der Waals surface area contributed by atoms with Gasteiger partial charge in [0, 0.05) is 0 Å². The van der Waals surface area contributed by atoms with Crippen LogP contribution < -0.4 is 0 Å². The average molecular weight is 303 g/mol. The lowest BCUT2D eigenvalue weighted by Gasteiger charge is -2.29. The van der Waals surface area contributed by atoms with Crippen LogP contribution in [-0.4, -0.2) is 23.9 Å². The number of hydrogen-bond acceptors (Lipinski definition) is 2. The third-order valence-electron chi connectivity index (χ3n) is 2.24. The van der Waals surface area contributed by atoms with Gasteiger partial charge in [-0.1, -0.05) is 61.4 Å². The fourth-order valence-electron chi connectivity index (χ4n) is 1.09. The fourth-order valence-corrected chi connectivity index (χ4v) is 2.46. The van der Waals surface area contributed by atoms with E-state index in [-0.39, 0.29) is 12.0 Å². The summed E-state index contributed by atoms with van der Waals surface area (Å²) in [7, 11) is -1.52. The quantitative estimate of drug-likeness (QED) is 0.351. The molecule has 16 heavy (non-hydrogen) atoms. The molecule has 1 unspecified atom stereocenters. The Kier molecular flexibility index (Phi) is 5.87. The van der Waals surface area contributed by atoms with Crippen LogP contribution in [0, 0.1) is 5.41 Å². The molecule has 0 aromatic carbocycles. The Hall–Kier alpha value is 0.297. The molecule has 2 nitrogen and oxygen atoms in total. The van der Waals surface area contributed by atoms with Gasteiger partial charge in [-0.3, -0.25) is 5.41 Å². The molecule has 0 radical (unpaired) electrons. The predicted molar refractivity (Wildman–Crippen MR) is 75.7 cm³/mol. The molecule has 0 aliphatic carbocycles. The molecular formula is C10H18Cl3NOSi. The number of halogens is 3. The molecule has 0 aromatic heterocycles. The molecule has 0 aliphatic heterocycles. The SMILES string of the molecule is C=C(C(CC)OC(=N)C(Cl)(Cl)Cl)[Si](C)(C)C. The number of nitrogens with one attached hydrogen (secondary N) is 1. The van der Waals surface area contributed by atoms with Crippen molar-refractivity contribution in [3.8, 4) is 0 Å². The van der Waals surface area contributed by atoms with Gasteiger partial charge in [0.2, 0.25) is 5.90 Å². The highest BCUT2D eigenvalue weighted by Gasteiger charge is 2.33. The summed E-state index contributed by atoms with van der Waals surface area (Å²) in [6, 6.07) is 0. The standard InChI is InChI=1S/C10H18Cl3NOSi/c1-6-8(7(2)16(3,4)5)15-9(14)10(11,12)13/h8,14H,2,6H2,1,3-5H3. The maximum absolute atomic E-state index is 7.53. The van der Waals surface area contributed by atoms with Crippen LogP contribution in [0.15, 0.2) is 11.8 Å². The summed E-state index contributed by atoms with van der Waals surface area (Å²) in [5, 5.41) is 8.55. The first-order chi connectivity index (χ1) is 7.00. The lowest BCUT2D eigenvalue weighted by atomic mass is 10.3. The van der Waals surface area contributed by atoms with Crippen molar-refractivity contribution < 1.29 is 4.74 Å². The Morgan fingerprint density at radius 2 is 1.81 bits per heavy atom. The lowest BCUT2D eigenvalue weighted by molar-refractivity contribution is 0.219. The molecule has 0 aromatic rings. The number of hydrogen-bond donors (Lipinski definition) is 1. The summed E-state index contributed by atoms with van der Waals surface area (Å²) < 4.78 is 3.58. The molecule has 0 fully saturated rings. The molecule has 6 heteroatoms. The predicted octanol–water partition coefficient (Wildman–Crippen LogP) is 4.56. The molecule has 94 valence electrons. The third-order valence-corrected chi connectivity index (χ3v) is 5.00. The Bertz CT molecular complexity index is 281. The number of rotatable bonds is 4. The van der Waals surface area contributed by atoms with E-state index in [1.807, 2.05) is 6.92 Å². The van der Waals surface area contributed by atoms with E-state index in [0.717, 1.165) is 5.20 Å². The highest BCUT2D eigenvalue weighted by Crippen LogP contribution is 2.30. The summed E-state index contributed by atoms with van der Waals surface area (Å²) in [6.07, 6.45) is 0.474. The van der Waals surface area contributed by atoms with E-state index >= 15 is 0 Å². The summed E-state index contributed by atoms with van der Waals surface area (Å²) in [6.45, 7) is 12.5. The zero-order chi connectivity index (χ0) is 13.1. The van der Waals surface area contributed by atoms with E-state index in [9.17, 15) is 0 Å². The third kappa shape index (κ3) is 5.08. The van der Waals surface area contributed by atoms with Crippen molar-refractivity contribution in [2.24, 2.45) is 0 Å². The first-order valence-electron chi connectivity index (χ1n) is 5.01. The van der Waals surface area contributed by atoms with E-state index in [1.165, 1.54) is 0 Å². The van der Waals surface area contributed by atoms with Crippen molar-refractivity contribution in [2.75, 3.05) is 0 Å². The summed E-state index contributed by atoms with van der Waals surface area (Å²) in [5.74, 6) is -0.344. The maximum Gasteiger partial charge on any atom is 0.265 e. The van der Waals surface area contributed by atoms with Crippen molar-refractivity contribution >= 4 is 48.8 Å². The minimum absolute atomic E-state index is 0.241. The van der Waals surface area contributed by atoms with E-state index in [1.54, 1.807) is 0 Å². The van der Waals surface area contributed by atoms with Gasteiger partial charge in [0.15, 0.2) is 0 Å². The van der Waals surface area contributed by atoms with Crippen LogP contribution in [0.2, 0.25) is 19.6 Å². The number of ether oxygens (including phenoxy) is 1. The summed E-state index contributed by atoms with van der Waals surface area (Å²) >= 11 is 16.7. The summed E-state index contributed by atoms with van der Waals surface area (Å²) in [4.78, 5) is 0. The van der Waals surface area contributed by atoms with E-state index in [2.05, 4.69) is 26.2 Å². The zero-order valence-corrected chi connectivity index (χ0v) is 13.3. The molecule has 0 bridgehead atoms. The minimum Gasteiger partial charge on any atom is -0.471 e. The maximum atomic E-state index is 7.53.